The third kappa shape index (κ3) is 7.20. The predicted octanol–water partition coefficient (Wildman–Crippen LogP) is 6.76. The maximum atomic E-state index is 14.3. The van der Waals surface area contributed by atoms with Gasteiger partial charge in [-0.1, -0.05) is 80.4 Å². The van der Waals surface area contributed by atoms with Gasteiger partial charge in [-0.05, 0) is 74.9 Å². The number of nitrogens with zero attached hydrogens (tertiary/aromatic N) is 1. The molecule has 0 radical (unpaired) electrons. The Kier molecular flexibility index (Phi) is 8.82. The summed E-state index contributed by atoms with van der Waals surface area (Å²) in [4.78, 5) is 42.9. The van der Waals surface area contributed by atoms with Gasteiger partial charge in [-0.2, -0.15) is 0 Å². The summed E-state index contributed by atoms with van der Waals surface area (Å²) in [5, 5.41) is 7.99. The lowest BCUT2D eigenvalue weighted by Gasteiger charge is -2.36. The lowest BCUT2D eigenvalue weighted by molar-refractivity contribution is -0.142. The minimum atomic E-state index is -0.862. The van der Waals surface area contributed by atoms with Gasteiger partial charge in [-0.3, -0.25) is 9.59 Å². The minimum absolute atomic E-state index is 0.0897. The number of ether oxygens (including phenoxy) is 1. The van der Waals surface area contributed by atoms with Gasteiger partial charge in [-0.15, -0.1) is 0 Å². The molecule has 3 unspecified atom stereocenters. The lowest BCUT2D eigenvalue weighted by Crippen LogP contribution is -2.55. The number of rotatable bonds is 9. The predicted molar refractivity (Wildman–Crippen MR) is 159 cm³/mol. The first kappa shape index (κ1) is 29.1. The third-order valence-electron chi connectivity index (χ3n) is 7.28. The fourth-order valence-electron chi connectivity index (χ4n) is 4.81. The van der Waals surface area contributed by atoms with Crippen molar-refractivity contribution in [3.05, 3.63) is 77.9 Å². The van der Waals surface area contributed by atoms with Crippen LogP contribution in [0.2, 0.25) is 0 Å². The van der Waals surface area contributed by atoms with Gasteiger partial charge in [0.1, 0.15) is 17.7 Å². The largest absolute Gasteiger partial charge is 0.444 e. The molecule has 1 saturated carbocycles. The molecule has 0 saturated heterocycles. The molecule has 0 heterocycles. The summed E-state index contributed by atoms with van der Waals surface area (Å²) in [5.74, 6) is -0.731. The first-order chi connectivity index (χ1) is 19.0. The van der Waals surface area contributed by atoms with E-state index in [1.807, 2.05) is 87.5 Å². The van der Waals surface area contributed by atoms with E-state index in [0.29, 0.717) is 12.1 Å². The molecule has 0 spiro atoms. The number of amides is 3. The van der Waals surface area contributed by atoms with Crippen molar-refractivity contribution in [1.82, 2.24) is 10.2 Å². The van der Waals surface area contributed by atoms with E-state index in [2.05, 4.69) is 10.6 Å². The quantitative estimate of drug-likeness (QED) is 0.312. The first-order valence-corrected chi connectivity index (χ1v) is 14.1. The first-order valence-electron chi connectivity index (χ1n) is 14.1. The molecule has 7 nitrogen and oxygen atoms in total. The van der Waals surface area contributed by atoms with Crippen LogP contribution in [0.3, 0.4) is 0 Å². The Morgan fingerprint density at radius 3 is 2.23 bits per heavy atom. The van der Waals surface area contributed by atoms with Gasteiger partial charge in [0.2, 0.25) is 5.91 Å². The van der Waals surface area contributed by atoms with Crippen LogP contribution < -0.4 is 10.6 Å². The second-order valence-corrected chi connectivity index (χ2v) is 11.9. The van der Waals surface area contributed by atoms with Crippen molar-refractivity contribution in [2.24, 2.45) is 5.92 Å². The van der Waals surface area contributed by atoms with Crippen molar-refractivity contribution in [2.45, 2.75) is 84.5 Å². The lowest BCUT2D eigenvalue weighted by atomic mass is 9.95. The monoisotopic (exact) mass is 543 g/mol. The van der Waals surface area contributed by atoms with Crippen LogP contribution >= 0.6 is 0 Å². The van der Waals surface area contributed by atoms with E-state index in [1.165, 1.54) is 0 Å². The molecule has 0 aromatic heterocycles. The van der Waals surface area contributed by atoms with E-state index in [-0.39, 0.29) is 23.8 Å². The molecular formula is C33H41N3O4. The summed E-state index contributed by atoms with van der Waals surface area (Å²) in [6.45, 7) is 11.3. The van der Waals surface area contributed by atoms with Crippen molar-refractivity contribution in [1.29, 1.82) is 0 Å². The Morgan fingerprint density at radius 1 is 0.975 bits per heavy atom. The van der Waals surface area contributed by atoms with Crippen LogP contribution in [0.4, 0.5) is 10.5 Å². The number of anilines is 1. The second-order valence-electron chi connectivity index (χ2n) is 11.9. The van der Waals surface area contributed by atoms with E-state index in [9.17, 15) is 14.4 Å². The Labute approximate surface area is 237 Å². The smallest absolute Gasteiger partial charge is 0.408 e. The van der Waals surface area contributed by atoms with Gasteiger partial charge in [-0.25, -0.2) is 4.79 Å². The molecule has 7 heteroatoms. The van der Waals surface area contributed by atoms with Gasteiger partial charge >= 0.3 is 6.09 Å². The maximum absolute atomic E-state index is 14.3. The molecule has 3 atom stereocenters. The summed E-state index contributed by atoms with van der Waals surface area (Å²) >= 11 is 0. The zero-order chi connectivity index (χ0) is 29.0. The number of benzene rings is 3. The van der Waals surface area contributed by atoms with Gasteiger partial charge in [0.05, 0.1) is 0 Å². The SMILES string of the molecule is CCC(C)C(NC(=O)OC(C)(C)C)C(=O)N(C1CC1)C(C(=O)Nc1ccc2ccccc2c1)c1ccc(C)cc1. The fraction of sp³-hybridized carbons (Fsp3) is 0.424. The molecule has 0 aliphatic heterocycles. The Hall–Kier alpha value is -3.87. The molecule has 3 aromatic rings. The Balaban J connectivity index is 1.69. The Morgan fingerprint density at radius 2 is 1.62 bits per heavy atom. The van der Waals surface area contributed by atoms with Crippen molar-refractivity contribution < 1.29 is 19.1 Å². The topological polar surface area (TPSA) is 87.7 Å². The van der Waals surface area contributed by atoms with Crippen LogP contribution in [0.5, 0.6) is 0 Å². The number of carbonyl (C=O) groups excluding carboxylic acids is 3. The molecule has 40 heavy (non-hydrogen) atoms. The number of hydrogen-bond acceptors (Lipinski definition) is 4. The summed E-state index contributed by atoms with van der Waals surface area (Å²) < 4.78 is 5.49. The molecule has 4 rings (SSSR count). The summed E-state index contributed by atoms with van der Waals surface area (Å²) in [6.07, 6.45) is 1.63. The van der Waals surface area contributed by atoms with Crippen molar-refractivity contribution in [3.63, 3.8) is 0 Å². The standard InChI is InChI=1S/C33H41N3O4/c1-7-22(3)28(35-32(39)40-33(4,5)6)31(38)36(27-18-19-27)29(24-14-12-21(2)13-15-24)30(37)34-26-17-16-23-10-8-9-11-25(23)20-26/h8-17,20,22,27-29H,7,18-19H2,1-6H3,(H,34,37)(H,35,39). The van der Waals surface area contributed by atoms with Gasteiger partial charge in [0.25, 0.3) is 5.91 Å². The van der Waals surface area contributed by atoms with Crippen molar-refractivity contribution >= 4 is 34.4 Å². The summed E-state index contributed by atoms with van der Waals surface area (Å²) in [7, 11) is 0. The van der Waals surface area contributed by atoms with E-state index in [4.69, 9.17) is 4.74 Å². The fourth-order valence-corrected chi connectivity index (χ4v) is 4.81. The molecule has 0 bridgehead atoms. The van der Waals surface area contributed by atoms with Gasteiger partial charge in [0, 0.05) is 11.7 Å². The third-order valence-corrected chi connectivity index (χ3v) is 7.28. The number of nitrogens with one attached hydrogen (secondary N) is 2. The summed E-state index contributed by atoms with van der Waals surface area (Å²) in [6, 6.07) is 19.7. The van der Waals surface area contributed by atoms with Crippen LogP contribution in [-0.2, 0) is 14.3 Å². The summed E-state index contributed by atoms with van der Waals surface area (Å²) in [5.41, 5.74) is 1.75. The second kappa shape index (κ2) is 12.1. The molecular weight excluding hydrogens is 502 g/mol. The molecule has 3 amide bonds. The van der Waals surface area contributed by atoms with Crippen molar-refractivity contribution in [2.75, 3.05) is 5.32 Å². The molecule has 212 valence electrons. The van der Waals surface area contributed by atoms with Gasteiger partial charge < -0.3 is 20.3 Å². The van der Waals surface area contributed by atoms with Crippen LogP contribution in [-0.4, -0.2) is 40.5 Å². The Bertz CT molecular complexity index is 1360. The minimum Gasteiger partial charge on any atom is -0.444 e. The van der Waals surface area contributed by atoms with Crippen LogP contribution in [0.1, 0.15) is 71.0 Å². The molecule has 1 aliphatic rings. The zero-order valence-corrected chi connectivity index (χ0v) is 24.4. The maximum Gasteiger partial charge on any atom is 0.408 e. The highest BCUT2D eigenvalue weighted by Crippen LogP contribution is 2.37. The number of aryl methyl sites for hydroxylation is 1. The highest BCUT2D eigenvalue weighted by molar-refractivity contribution is 6.00. The van der Waals surface area contributed by atoms with Crippen LogP contribution in [0.15, 0.2) is 66.7 Å². The average Bonchev–Trinajstić information content (AvgIpc) is 3.74. The number of carbonyl (C=O) groups is 3. The van der Waals surface area contributed by atoms with Crippen LogP contribution in [0.25, 0.3) is 10.8 Å². The van der Waals surface area contributed by atoms with E-state index < -0.39 is 23.8 Å². The average molecular weight is 544 g/mol. The highest BCUT2D eigenvalue weighted by Gasteiger charge is 2.45. The molecule has 2 N–H and O–H groups in total. The molecule has 1 aliphatic carbocycles. The van der Waals surface area contributed by atoms with E-state index in [1.54, 1.807) is 25.7 Å². The number of hydrogen-bond donors (Lipinski definition) is 2. The van der Waals surface area contributed by atoms with Crippen molar-refractivity contribution in [3.8, 4) is 0 Å². The molecule has 1 fully saturated rings. The number of fused-ring (bicyclic) bond motifs is 1. The number of alkyl carbamates (subject to hydrolysis) is 1. The van der Waals surface area contributed by atoms with Gasteiger partial charge in [0.15, 0.2) is 0 Å². The van der Waals surface area contributed by atoms with Crippen LogP contribution in [0, 0.1) is 12.8 Å². The van der Waals surface area contributed by atoms with E-state index in [0.717, 1.165) is 34.7 Å². The highest BCUT2D eigenvalue weighted by atomic mass is 16.6. The van der Waals surface area contributed by atoms with E-state index >= 15 is 0 Å². The normalized spacial score (nSPS) is 15.6. The molecule has 3 aromatic carbocycles. The zero-order valence-electron chi connectivity index (χ0n) is 24.4.